The van der Waals surface area contributed by atoms with E-state index in [9.17, 15) is 4.79 Å². The minimum atomic E-state index is -0.451. The van der Waals surface area contributed by atoms with Crippen LogP contribution in [-0.4, -0.2) is 54.8 Å². The lowest BCUT2D eigenvalue weighted by Gasteiger charge is -2.37. The molecule has 0 aromatic heterocycles. The Morgan fingerprint density at radius 1 is 1.20 bits per heavy atom. The third kappa shape index (κ3) is 8.46. The maximum absolute atomic E-state index is 12.4. The van der Waals surface area contributed by atoms with Crippen molar-refractivity contribution in [2.45, 2.75) is 71.4 Å². The van der Waals surface area contributed by atoms with Gasteiger partial charge >= 0.3 is 6.09 Å². The summed E-state index contributed by atoms with van der Waals surface area (Å²) in [4.78, 5) is 19.0. The van der Waals surface area contributed by atoms with Crippen LogP contribution >= 0.6 is 24.0 Å². The van der Waals surface area contributed by atoms with Gasteiger partial charge in [-0.3, -0.25) is 4.99 Å². The lowest BCUT2D eigenvalue weighted by molar-refractivity contribution is 0.0104. The van der Waals surface area contributed by atoms with Crippen molar-refractivity contribution in [3.05, 3.63) is 0 Å². The summed E-state index contributed by atoms with van der Waals surface area (Å²) in [5.41, 5.74) is -0.451. The predicted molar refractivity (Wildman–Crippen MR) is 113 cm³/mol. The Balaban J connectivity index is 0.00000312. The fourth-order valence-electron chi connectivity index (χ4n) is 2.85. The van der Waals surface area contributed by atoms with Crippen LogP contribution in [0.4, 0.5) is 4.79 Å². The third-order valence-corrected chi connectivity index (χ3v) is 4.31. The molecule has 2 fully saturated rings. The lowest BCUT2D eigenvalue weighted by atomic mass is 10.0. The van der Waals surface area contributed by atoms with Gasteiger partial charge in [0.2, 0.25) is 0 Å². The van der Waals surface area contributed by atoms with E-state index < -0.39 is 5.60 Å². The summed E-state index contributed by atoms with van der Waals surface area (Å²) < 4.78 is 5.56. The summed E-state index contributed by atoms with van der Waals surface area (Å²) in [6, 6.07) is 0.165. The zero-order valence-corrected chi connectivity index (χ0v) is 18.5. The predicted octanol–water partition coefficient (Wildman–Crippen LogP) is 3.36. The number of aliphatic imine (C=N–C) groups is 1. The van der Waals surface area contributed by atoms with Gasteiger partial charge < -0.3 is 20.3 Å². The number of hydrogen-bond donors (Lipinski definition) is 2. The van der Waals surface area contributed by atoms with Gasteiger partial charge in [0.05, 0.1) is 6.04 Å². The van der Waals surface area contributed by atoms with Crippen molar-refractivity contribution in [1.82, 2.24) is 15.5 Å². The Bertz CT molecular complexity index is 447. The van der Waals surface area contributed by atoms with Crippen LogP contribution in [0.2, 0.25) is 0 Å². The molecule has 0 spiro atoms. The molecule has 1 aliphatic heterocycles. The topological polar surface area (TPSA) is 66.0 Å². The van der Waals surface area contributed by atoms with E-state index in [2.05, 4.69) is 22.5 Å². The van der Waals surface area contributed by atoms with E-state index in [1.807, 2.05) is 25.7 Å². The number of halogens is 1. The maximum atomic E-state index is 12.4. The summed E-state index contributed by atoms with van der Waals surface area (Å²) >= 11 is 0. The average molecular weight is 466 g/mol. The molecule has 146 valence electrons. The van der Waals surface area contributed by atoms with Crippen LogP contribution in [0.5, 0.6) is 0 Å². The molecule has 7 heteroatoms. The van der Waals surface area contributed by atoms with Gasteiger partial charge in [-0.1, -0.05) is 0 Å². The van der Waals surface area contributed by atoms with E-state index >= 15 is 0 Å². The number of carbonyl (C=O) groups is 1. The number of carbonyl (C=O) groups excluding carboxylic acids is 1. The van der Waals surface area contributed by atoms with Gasteiger partial charge in [-0.05, 0) is 65.7 Å². The number of hydrogen-bond acceptors (Lipinski definition) is 3. The lowest BCUT2D eigenvalue weighted by Crippen LogP contribution is -2.52. The molecule has 1 unspecified atom stereocenters. The van der Waals surface area contributed by atoms with Crippen LogP contribution in [0.15, 0.2) is 4.99 Å². The van der Waals surface area contributed by atoms with Crippen molar-refractivity contribution in [3.8, 4) is 0 Å². The van der Waals surface area contributed by atoms with Gasteiger partial charge in [0.1, 0.15) is 5.60 Å². The minimum Gasteiger partial charge on any atom is -0.444 e. The molecule has 1 heterocycles. The Labute approximate surface area is 169 Å². The molecule has 0 aromatic carbocycles. The van der Waals surface area contributed by atoms with Crippen molar-refractivity contribution < 1.29 is 9.53 Å². The normalized spacial score (nSPS) is 21.4. The second-order valence-corrected chi connectivity index (χ2v) is 7.87. The molecule has 25 heavy (non-hydrogen) atoms. The first-order valence-electron chi connectivity index (χ1n) is 9.41. The SMILES string of the molecule is CCNC(=NCC1CC1)NCC1CCCCN1C(=O)OC(C)(C)C.I. The Morgan fingerprint density at radius 3 is 2.52 bits per heavy atom. The molecule has 0 radical (unpaired) electrons. The van der Waals surface area contributed by atoms with E-state index in [1.54, 1.807) is 0 Å². The van der Waals surface area contributed by atoms with Crippen molar-refractivity contribution in [2.24, 2.45) is 10.9 Å². The van der Waals surface area contributed by atoms with Crippen molar-refractivity contribution >= 4 is 36.0 Å². The van der Waals surface area contributed by atoms with Gasteiger partial charge in [0, 0.05) is 26.2 Å². The van der Waals surface area contributed by atoms with Crippen LogP contribution in [0.1, 0.15) is 59.8 Å². The molecule has 0 aromatic rings. The standard InChI is InChI=1S/C18H34N4O2.HI/c1-5-19-16(20-12-14-9-10-14)21-13-15-8-6-7-11-22(15)17(23)24-18(2,3)4;/h14-15H,5-13H2,1-4H3,(H2,19,20,21);1H. The van der Waals surface area contributed by atoms with Crippen LogP contribution in [-0.2, 0) is 4.74 Å². The fraction of sp³-hybridized carbons (Fsp3) is 0.889. The summed E-state index contributed by atoms with van der Waals surface area (Å²) in [6.45, 7) is 11.0. The fourth-order valence-corrected chi connectivity index (χ4v) is 2.85. The smallest absolute Gasteiger partial charge is 0.410 e. The largest absolute Gasteiger partial charge is 0.444 e. The Morgan fingerprint density at radius 2 is 1.92 bits per heavy atom. The van der Waals surface area contributed by atoms with Gasteiger partial charge in [0.25, 0.3) is 0 Å². The summed E-state index contributed by atoms with van der Waals surface area (Å²) in [6.07, 6.45) is 5.62. The second kappa shape index (κ2) is 10.4. The maximum Gasteiger partial charge on any atom is 0.410 e. The Kier molecular flexibility index (Phi) is 9.30. The van der Waals surface area contributed by atoms with E-state index in [4.69, 9.17) is 4.74 Å². The van der Waals surface area contributed by atoms with Gasteiger partial charge in [-0.15, -0.1) is 24.0 Å². The molecule has 1 atom stereocenters. The van der Waals surface area contributed by atoms with Crippen molar-refractivity contribution in [1.29, 1.82) is 0 Å². The number of nitrogens with zero attached hydrogens (tertiary/aromatic N) is 2. The highest BCUT2D eigenvalue weighted by Gasteiger charge is 2.30. The van der Waals surface area contributed by atoms with Crippen LogP contribution in [0, 0.1) is 5.92 Å². The molecule has 2 rings (SSSR count). The minimum absolute atomic E-state index is 0. The highest BCUT2D eigenvalue weighted by Crippen LogP contribution is 2.28. The monoisotopic (exact) mass is 466 g/mol. The first kappa shape index (κ1) is 22.3. The number of likely N-dealkylation sites (tertiary alicyclic amines) is 1. The number of piperidine rings is 1. The molecule has 2 N–H and O–H groups in total. The molecule has 0 bridgehead atoms. The molecule has 1 amide bonds. The quantitative estimate of drug-likeness (QED) is 0.371. The molecule has 1 saturated carbocycles. The molecule has 6 nitrogen and oxygen atoms in total. The van der Waals surface area contributed by atoms with E-state index in [0.717, 1.165) is 57.3 Å². The van der Waals surface area contributed by atoms with Gasteiger partial charge in [-0.25, -0.2) is 4.79 Å². The summed E-state index contributed by atoms with van der Waals surface area (Å²) in [5.74, 6) is 1.63. The number of ether oxygens (including phenoxy) is 1. The summed E-state index contributed by atoms with van der Waals surface area (Å²) in [7, 11) is 0. The number of amides is 1. The zero-order valence-electron chi connectivity index (χ0n) is 16.1. The number of guanidine groups is 1. The van der Waals surface area contributed by atoms with Crippen LogP contribution in [0.3, 0.4) is 0 Å². The molecule has 1 aliphatic carbocycles. The first-order chi connectivity index (χ1) is 11.4. The summed E-state index contributed by atoms with van der Waals surface area (Å²) in [5, 5.41) is 6.70. The Hall–Kier alpha value is -0.730. The van der Waals surface area contributed by atoms with E-state index in [0.29, 0.717) is 0 Å². The van der Waals surface area contributed by atoms with Crippen LogP contribution in [0.25, 0.3) is 0 Å². The van der Waals surface area contributed by atoms with E-state index in [-0.39, 0.29) is 36.1 Å². The average Bonchev–Trinajstić information content (AvgIpc) is 3.33. The van der Waals surface area contributed by atoms with Crippen molar-refractivity contribution in [3.63, 3.8) is 0 Å². The number of nitrogens with one attached hydrogen (secondary N) is 2. The highest BCUT2D eigenvalue weighted by atomic mass is 127. The van der Waals surface area contributed by atoms with Crippen molar-refractivity contribution in [2.75, 3.05) is 26.2 Å². The second-order valence-electron chi connectivity index (χ2n) is 7.87. The molecule has 1 saturated heterocycles. The molecular weight excluding hydrogens is 431 g/mol. The first-order valence-corrected chi connectivity index (χ1v) is 9.41. The molecule has 2 aliphatic rings. The number of rotatable bonds is 5. The van der Waals surface area contributed by atoms with Gasteiger partial charge in [0.15, 0.2) is 5.96 Å². The zero-order chi connectivity index (χ0) is 17.6. The van der Waals surface area contributed by atoms with Gasteiger partial charge in [-0.2, -0.15) is 0 Å². The molecular formula is C18H35IN4O2. The third-order valence-electron chi connectivity index (χ3n) is 4.31. The van der Waals surface area contributed by atoms with E-state index in [1.165, 1.54) is 12.8 Å². The highest BCUT2D eigenvalue weighted by molar-refractivity contribution is 14.0. The van der Waals surface area contributed by atoms with Crippen LogP contribution < -0.4 is 10.6 Å².